The molecular formula is C17H26Br2O4. The van der Waals surface area contributed by atoms with Crippen LogP contribution < -0.4 is 0 Å². The first-order valence-corrected chi connectivity index (χ1v) is 9.85. The smallest absolute Gasteiger partial charge is 0.302 e. The van der Waals surface area contributed by atoms with Gasteiger partial charge in [0, 0.05) is 36.0 Å². The van der Waals surface area contributed by atoms with E-state index >= 15 is 0 Å². The topological polar surface area (TPSA) is 44.8 Å². The van der Waals surface area contributed by atoms with E-state index in [1.165, 1.54) is 26.2 Å². The van der Waals surface area contributed by atoms with Crippen LogP contribution in [0.25, 0.3) is 0 Å². The number of carbonyl (C=O) groups excluding carboxylic acids is 1. The largest absolute Gasteiger partial charge is 0.461 e. The molecule has 23 heavy (non-hydrogen) atoms. The molecule has 2 aliphatic rings. The van der Waals surface area contributed by atoms with Crippen molar-refractivity contribution >= 4 is 37.8 Å². The van der Waals surface area contributed by atoms with Gasteiger partial charge in [-0.15, -0.1) is 0 Å². The van der Waals surface area contributed by atoms with E-state index in [9.17, 15) is 4.79 Å². The number of rotatable bonds is 8. The third kappa shape index (κ3) is 3.29. The average molecular weight is 454 g/mol. The first kappa shape index (κ1) is 19.4. The Kier molecular flexibility index (Phi) is 6.74. The molecule has 0 N–H and O–H groups in total. The van der Waals surface area contributed by atoms with Crippen molar-refractivity contribution in [2.75, 3.05) is 14.2 Å². The maximum Gasteiger partial charge on any atom is 0.302 e. The van der Waals surface area contributed by atoms with E-state index in [2.05, 4.69) is 38.8 Å². The lowest BCUT2D eigenvalue weighted by atomic mass is 9.86. The zero-order valence-electron chi connectivity index (χ0n) is 14.2. The van der Waals surface area contributed by atoms with Crippen molar-refractivity contribution in [2.24, 2.45) is 17.8 Å². The van der Waals surface area contributed by atoms with Crippen LogP contribution in [0.15, 0.2) is 8.96 Å². The first-order chi connectivity index (χ1) is 10.9. The lowest BCUT2D eigenvalue weighted by molar-refractivity contribution is -0.237. The minimum absolute atomic E-state index is 0.0443. The highest BCUT2D eigenvalue weighted by atomic mass is 79.9. The quantitative estimate of drug-likeness (QED) is 0.302. The number of esters is 1. The summed E-state index contributed by atoms with van der Waals surface area (Å²) in [6.07, 6.45) is 5.56. The van der Waals surface area contributed by atoms with Crippen molar-refractivity contribution < 1.29 is 19.0 Å². The second-order valence-corrected chi connectivity index (χ2v) is 8.08. The Bertz CT molecular complexity index is 473. The van der Waals surface area contributed by atoms with Gasteiger partial charge >= 0.3 is 5.97 Å². The zero-order chi connectivity index (χ0) is 17.2. The number of ether oxygens (including phenoxy) is 3. The maximum absolute atomic E-state index is 11.6. The van der Waals surface area contributed by atoms with Crippen LogP contribution >= 0.6 is 31.9 Å². The molecule has 2 aliphatic carbocycles. The predicted molar refractivity (Wildman–Crippen MR) is 96.4 cm³/mol. The third-order valence-corrected chi connectivity index (χ3v) is 7.52. The normalized spacial score (nSPS) is 31.7. The maximum atomic E-state index is 11.6. The Balaban J connectivity index is 2.29. The summed E-state index contributed by atoms with van der Waals surface area (Å²) in [4.78, 5) is 11.6. The summed E-state index contributed by atoms with van der Waals surface area (Å²) < 4.78 is 19.4. The lowest BCUT2D eigenvalue weighted by Crippen LogP contribution is -2.42. The van der Waals surface area contributed by atoms with Gasteiger partial charge in [-0.1, -0.05) is 64.5 Å². The van der Waals surface area contributed by atoms with Gasteiger partial charge in [0.15, 0.2) is 5.79 Å². The fraction of sp³-hybridized carbons (Fsp3) is 0.824. The van der Waals surface area contributed by atoms with Crippen LogP contribution in [0.5, 0.6) is 0 Å². The van der Waals surface area contributed by atoms with Crippen LogP contribution in [0.3, 0.4) is 0 Å². The molecule has 132 valence electrons. The van der Waals surface area contributed by atoms with Crippen LogP contribution in [-0.2, 0) is 19.0 Å². The molecule has 0 saturated heterocycles. The van der Waals surface area contributed by atoms with E-state index in [1.54, 1.807) is 14.2 Å². The number of methoxy groups -OCH3 is 2. The third-order valence-electron chi connectivity index (χ3n) is 5.15. The highest BCUT2D eigenvalue weighted by Crippen LogP contribution is 2.64. The summed E-state index contributed by atoms with van der Waals surface area (Å²) in [6.45, 7) is 3.67. The van der Waals surface area contributed by atoms with E-state index in [1.807, 2.05) is 0 Å². The fourth-order valence-corrected chi connectivity index (χ4v) is 5.95. The molecule has 0 aromatic carbocycles. The molecule has 6 heteroatoms. The molecule has 1 fully saturated rings. The molecule has 4 atom stereocenters. The van der Waals surface area contributed by atoms with Crippen molar-refractivity contribution in [2.45, 2.75) is 57.8 Å². The molecule has 1 saturated carbocycles. The Morgan fingerprint density at radius 1 is 1.09 bits per heavy atom. The van der Waals surface area contributed by atoms with Gasteiger partial charge in [0.05, 0.1) is 11.8 Å². The number of halogens is 2. The van der Waals surface area contributed by atoms with E-state index < -0.39 is 5.79 Å². The van der Waals surface area contributed by atoms with Gasteiger partial charge in [-0.25, -0.2) is 0 Å². The Hall–Kier alpha value is 0.0900. The molecule has 4 nitrogen and oxygen atoms in total. The molecular weight excluding hydrogens is 428 g/mol. The predicted octanol–water partition coefficient (Wildman–Crippen LogP) is 4.75. The second-order valence-electron chi connectivity index (χ2n) is 6.37. The van der Waals surface area contributed by atoms with Crippen LogP contribution in [0, 0.1) is 17.8 Å². The van der Waals surface area contributed by atoms with Crippen LogP contribution in [0.4, 0.5) is 0 Å². The summed E-state index contributed by atoms with van der Waals surface area (Å²) in [5.41, 5.74) is 0. The standard InChI is InChI=1S/C17H26Br2O4/c1-5-6-7-8-9-11-12-14(18)15(19)13(16(11)23-10(2)20)17(12,21-3)22-4/h11-13,16H,5-9H2,1-4H3/t11-,12-,13-,16-/m0/s1. The Morgan fingerprint density at radius 3 is 2.22 bits per heavy atom. The van der Waals surface area contributed by atoms with Gasteiger partial charge < -0.3 is 14.2 Å². The molecule has 0 amide bonds. The van der Waals surface area contributed by atoms with Crippen LogP contribution in [0.1, 0.15) is 46.0 Å². The summed E-state index contributed by atoms with van der Waals surface area (Å²) in [6, 6.07) is 0. The molecule has 0 heterocycles. The number of hydrogen-bond acceptors (Lipinski definition) is 4. The Labute approximate surface area is 155 Å². The van der Waals surface area contributed by atoms with Gasteiger partial charge in [-0.2, -0.15) is 0 Å². The Morgan fingerprint density at radius 2 is 1.70 bits per heavy atom. The number of hydrogen-bond donors (Lipinski definition) is 0. The van der Waals surface area contributed by atoms with Crippen molar-refractivity contribution in [1.82, 2.24) is 0 Å². The average Bonchev–Trinajstić information content (AvgIpc) is 2.90. The van der Waals surface area contributed by atoms with Gasteiger partial charge in [0.25, 0.3) is 0 Å². The summed E-state index contributed by atoms with van der Waals surface area (Å²) in [7, 11) is 3.33. The number of carbonyl (C=O) groups is 1. The molecule has 0 aliphatic heterocycles. The minimum Gasteiger partial charge on any atom is -0.461 e. The lowest BCUT2D eigenvalue weighted by Gasteiger charge is -2.32. The molecule has 0 spiro atoms. The second kappa shape index (κ2) is 7.98. The summed E-state index contributed by atoms with van der Waals surface area (Å²) in [5.74, 6) is -0.900. The van der Waals surface area contributed by atoms with E-state index in [0.29, 0.717) is 0 Å². The zero-order valence-corrected chi connectivity index (χ0v) is 17.4. The van der Waals surface area contributed by atoms with Gasteiger partial charge in [-0.05, 0) is 6.42 Å². The van der Waals surface area contributed by atoms with E-state index in [-0.39, 0.29) is 29.8 Å². The molecule has 0 unspecified atom stereocenters. The van der Waals surface area contributed by atoms with Crippen molar-refractivity contribution in [3.05, 3.63) is 8.96 Å². The van der Waals surface area contributed by atoms with Gasteiger partial charge in [-0.3, -0.25) is 4.79 Å². The van der Waals surface area contributed by atoms with Crippen LogP contribution in [-0.4, -0.2) is 32.1 Å². The highest BCUT2D eigenvalue weighted by molar-refractivity contribution is 9.14. The molecule has 2 bridgehead atoms. The van der Waals surface area contributed by atoms with E-state index in [0.717, 1.165) is 21.8 Å². The number of fused-ring (bicyclic) bond motifs is 2. The molecule has 0 aromatic rings. The van der Waals surface area contributed by atoms with Gasteiger partial charge in [0.1, 0.15) is 6.10 Å². The molecule has 0 aromatic heterocycles. The number of unbranched alkanes of at least 4 members (excludes halogenated alkanes) is 3. The van der Waals surface area contributed by atoms with Crippen molar-refractivity contribution in [3.63, 3.8) is 0 Å². The van der Waals surface area contributed by atoms with Gasteiger partial charge in [0.2, 0.25) is 0 Å². The molecule has 0 radical (unpaired) electrons. The fourth-order valence-electron chi connectivity index (χ4n) is 4.22. The van der Waals surface area contributed by atoms with Crippen molar-refractivity contribution in [3.8, 4) is 0 Å². The SMILES string of the molecule is CCCCCC[C@@H]1[C@H](OC(C)=O)[C@@H]2C(Br)=C(Br)[C@H]1C2(OC)OC. The van der Waals surface area contributed by atoms with E-state index in [4.69, 9.17) is 14.2 Å². The first-order valence-electron chi connectivity index (χ1n) is 8.27. The summed E-state index contributed by atoms with van der Waals surface area (Å²) >= 11 is 7.36. The molecule has 2 rings (SSSR count). The minimum atomic E-state index is -0.771. The van der Waals surface area contributed by atoms with Crippen LogP contribution in [0.2, 0.25) is 0 Å². The monoisotopic (exact) mass is 452 g/mol. The highest BCUT2D eigenvalue weighted by Gasteiger charge is 2.69. The van der Waals surface area contributed by atoms with Crippen molar-refractivity contribution in [1.29, 1.82) is 0 Å². The summed E-state index contributed by atoms with van der Waals surface area (Å²) in [5, 5.41) is 0.